The van der Waals surface area contributed by atoms with Crippen LogP contribution < -0.4 is 5.32 Å². The van der Waals surface area contributed by atoms with E-state index in [-0.39, 0.29) is 5.92 Å². The van der Waals surface area contributed by atoms with E-state index < -0.39 is 0 Å². The summed E-state index contributed by atoms with van der Waals surface area (Å²) in [6.45, 7) is 2.32. The van der Waals surface area contributed by atoms with Gasteiger partial charge in [0, 0.05) is 12.1 Å². The molecule has 2 aliphatic carbocycles. The van der Waals surface area contributed by atoms with Crippen molar-refractivity contribution in [2.75, 3.05) is 0 Å². The van der Waals surface area contributed by atoms with Gasteiger partial charge in [-0.15, -0.1) is 0 Å². The monoisotopic (exact) mass is 220 g/mol. The van der Waals surface area contributed by atoms with E-state index in [9.17, 15) is 0 Å². The smallest absolute Gasteiger partial charge is 0.0672 e. The van der Waals surface area contributed by atoms with Gasteiger partial charge in [-0.05, 0) is 38.5 Å². The zero-order valence-corrected chi connectivity index (χ0v) is 10.4. The Balaban J connectivity index is 1.84. The van der Waals surface area contributed by atoms with Gasteiger partial charge in [0.25, 0.3) is 0 Å². The van der Waals surface area contributed by atoms with Crippen molar-refractivity contribution < 1.29 is 0 Å². The molecule has 90 valence electrons. The number of nitriles is 1. The lowest BCUT2D eigenvalue weighted by atomic mass is 9.84. The highest BCUT2D eigenvalue weighted by atomic mass is 15.0. The van der Waals surface area contributed by atoms with Crippen LogP contribution in [-0.2, 0) is 0 Å². The molecule has 2 rings (SSSR count). The molecule has 0 amide bonds. The Kier molecular flexibility index (Phi) is 4.23. The summed E-state index contributed by atoms with van der Waals surface area (Å²) in [4.78, 5) is 0. The van der Waals surface area contributed by atoms with E-state index in [4.69, 9.17) is 5.26 Å². The van der Waals surface area contributed by atoms with Crippen LogP contribution in [0.2, 0.25) is 0 Å². The molecule has 0 aromatic rings. The fourth-order valence-corrected chi connectivity index (χ4v) is 3.42. The van der Waals surface area contributed by atoms with Crippen molar-refractivity contribution in [3.63, 3.8) is 0 Å². The van der Waals surface area contributed by atoms with Crippen molar-refractivity contribution in [1.82, 2.24) is 5.32 Å². The second-order valence-electron chi connectivity index (χ2n) is 5.63. The zero-order chi connectivity index (χ0) is 11.4. The molecule has 2 heteroatoms. The van der Waals surface area contributed by atoms with Gasteiger partial charge in [0.2, 0.25) is 0 Å². The normalized spacial score (nSPS) is 33.5. The van der Waals surface area contributed by atoms with Gasteiger partial charge < -0.3 is 5.32 Å². The van der Waals surface area contributed by atoms with Crippen LogP contribution in [-0.4, -0.2) is 12.1 Å². The van der Waals surface area contributed by atoms with Crippen molar-refractivity contribution in [2.24, 2.45) is 11.8 Å². The second-order valence-corrected chi connectivity index (χ2v) is 5.63. The highest BCUT2D eigenvalue weighted by molar-refractivity contribution is 4.96. The maximum Gasteiger partial charge on any atom is 0.0672 e. The molecule has 0 aliphatic heterocycles. The quantitative estimate of drug-likeness (QED) is 0.792. The van der Waals surface area contributed by atoms with E-state index in [1.165, 1.54) is 44.9 Å². The minimum Gasteiger partial charge on any atom is -0.310 e. The second kappa shape index (κ2) is 5.68. The maximum absolute atomic E-state index is 9.15. The van der Waals surface area contributed by atoms with Crippen LogP contribution in [0.3, 0.4) is 0 Å². The first-order chi connectivity index (χ1) is 7.81. The zero-order valence-electron chi connectivity index (χ0n) is 10.4. The molecule has 2 unspecified atom stereocenters. The SMILES string of the molecule is C[C@@H](NC1CCCCC1C#N)C1CCCC1. The van der Waals surface area contributed by atoms with Crippen LogP contribution >= 0.6 is 0 Å². The van der Waals surface area contributed by atoms with Gasteiger partial charge in [-0.2, -0.15) is 5.26 Å². The highest BCUT2D eigenvalue weighted by Crippen LogP contribution is 2.30. The first-order valence-corrected chi connectivity index (χ1v) is 6.97. The lowest BCUT2D eigenvalue weighted by Crippen LogP contribution is -2.45. The van der Waals surface area contributed by atoms with E-state index in [0.717, 1.165) is 12.3 Å². The van der Waals surface area contributed by atoms with Crippen LogP contribution in [0.15, 0.2) is 0 Å². The molecule has 2 aliphatic rings. The molecule has 3 atom stereocenters. The largest absolute Gasteiger partial charge is 0.310 e. The summed E-state index contributed by atoms with van der Waals surface area (Å²) in [6, 6.07) is 3.57. The molecular formula is C14H24N2. The van der Waals surface area contributed by atoms with E-state index in [1.54, 1.807) is 0 Å². The van der Waals surface area contributed by atoms with Gasteiger partial charge in [0.15, 0.2) is 0 Å². The fraction of sp³-hybridized carbons (Fsp3) is 0.929. The van der Waals surface area contributed by atoms with E-state index >= 15 is 0 Å². The molecule has 2 fully saturated rings. The summed E-state index contributed by atoms with van der Waals surface area (Å²) in [5.74, 6) is 1.12. The highest BCUT2D eigenvalue weighted by Gasteiger charge is 2.29. The molecule has 16 heavy (non-hydrogen) atoms. The predicted octanol–water partition coefficient (Wildman–Crippen LogP) is 3.24. The Morgan fingerprint density at radius 3 is 2.38 bits per heavy atom. The first-order valence-electron chi connectivity index (χ1n) is 6.97. The number of rotatable bonds is 3. The van der Waals surface area contributed by atoms with Crippen molar-refractivity contribution in [1.29, 1.82) is 5.26 Å². The van der Waals surface area contributed by atoms with Crippen molar-refractivity contribution in [3.05, 3.63) is 0 Å². The Morgan fingerprint density at radius 2 is 1.69 bits per heavy atom. The van der Waals surface area contributed by atoms with Gasteiger partial charge in [-0.3, -0.25) is 0 Å². The topological polar surface area (TPSA) is 35.8 Å². The third-order valence-electron chi connectivity index (χ3n) is 4.52. The van der Waals surface area contributed by atoms with Gasteiger partial charge in [-0.25, -0.2) is 0 Å². The van der Waals surface area contributed by atoms with E-state index in [0.29, 0.717) is 12.1 Å². The molecule has 0 radical (unpaired) electrons. The summed E-state index contributed by atoms with van der Waals surface area (Å²) < 4.78 is 0. The van der Waals surface area contributed by atoms with Crippen LogP contribution in [0.4, 0.5) is 0 Å². The van der Waals surface area contributed by atoms with Gasteiger partial charge in [0.05, 0.1) is 12.0 Å². The van der Waals surface area contributed by atoms with Crippen molar-refractivity contribution >= 4 is 0 Å². The standard InChI is InChI=1S/C14H24N2/c1-11(12-6-2-3-7-12)16-14-9-5-4-8-13(14)10-15/h11-14,16H,2-9H2,1H3/t11-,13?,14?/m1/s1. The van der Waals surface area contributed by atoms with Crippen LogP contribution in [0.5, 0.6) is 0 Å². The number of nitrogens with one attached hydrogen (secondary N) is 1. The van der Waals surface area contributed by atoms with Crippen LogP contribution in [0.25, 0.3) is 0 Å². The van der Waals surface area contributed by atoms with Crippen LogP contribution in [0.1, 0.15) is 58.3 Å². The predicted molar refractivity (Wildman–Crippen MR) is 65.9 cm³/mol. The minimum atomic E-state index is 0.262. The maximum atomic E-state index is 9.15. The molecule has 0 aromatic heterocycles. The number of nitrogens with zero attached hydrogens (tertiary/aromatic N) is 1. The first kappa shape index (κ1) is 11.9. The summed E-state index contributed by atoms with van der Waals surface area (Å²) in [6.07, 6.45) is 10.4. The molecule has 0 aromatic carbocycles. The van der Waals surface area contributed by atoms with Crippen LogP contribution in [0, 0.1) is 23.2 Å². The molecule has 1 N–H and O–H groups in total. The van der Waals surface area contributed by atoms with Crippen molar-refractivity contribution in [3.8, 4) is 6.07 Å². The van der Waals surface area contributed by atoms with E-state index in [1.807, 2.05) is 0 Å². The molecule has 2 nitrogen and oxygen atoms in total. The molecule has 2 saturated carbocycles. The molecule has 0 saturated heterocycles. The Hall–Kier alpha value is -0.550. The fourth-order valence-electron chi connectivity index (χ4n) is 3.42. The van der Waals surface area contributed by atoms with Gasteiger partial charge in [-0.1, -0.05) is 25.7 Å². The average Bonchev–Trinajstić information content (AvgIpc) is 2.83. The molecule has 0 heterocycles. The average molecular weight is 220 g/mol. The lowest BCUT2D eigenvalue weighted by Gasteiger charge is -2.32. The lowest BCUT2D eigenvalue weighted by molar-refractivity contribution is 0.257. The van der Waals surface area contributed by atoms with Crippen molar-refractivity contribution in [2.45, 2.75) is 70.4 Å². The third-order valence-corrected chi connectivity index (χ3v) is 4.52. The van der Waals surface area contributed by atoms with Gasteiger partial charge >= 0.3 is 0 Å². The van der Waals surface area contributed by atoms with Gasteiger partial charge in [0.1, 0.15) is 0 Å². The summed E-state index contributed by atoms with van der Waals surface area (Å²) in [7, 11) is 0. The summed E-state index contributed by atoms with van der Waals surface area (Å²) in [5, 5.41) is 12.9. The number of hydrogen-bond donors (Lipinski definition) is 1. The van der Waals surface area contributed by atoms with E-state index in [2.05, 4.69) is 18.3 Å². The summed E-state index contributed by atoms with van der Waals surface area (Å²) >= 11 is 0. The minimum absolute atomic E-state index is 0.262. The Morgan fingerprint density at radius 1 is 1.06 bits per heavy atom. The molecule has 0 bridgehead atoms. The summed E-state index contributed by atoms with van der Waals surface area (Å²) in [5.41, 5.74) is 0. The Labute approximate surface area is 99.4 Å². The Bertz CT molecular complexity index is 250. The number of hydrogen-bond acceptors (Lipinski definition) is 2. The molecule has 0 spiro atoms. The third kappa shape index (κ3) is 2.77. The molecular weight excluding hydrogens is 196 g/mol.